The van der Waals surface area contributed by atoms with Crippen LogP contribution in [-0.4, -0.2) is 19.7 Å². The van der Waals surface area contributed by atoms with E-state index in [1.807, 2.05) is 23.7 Å². The van der Waals surface area contributed by atoms with Gasteiger partial charge in [0.05, 0.1) is 11.7 Å². The molecule has 2 aromatic heterocycles. The van der Waals surface area contributed by atoms with E-state index in [1.54, 1.807) is 12.5 Å². The molecule has 2 rings (SSSR count). The van der Waals surface area contributed by atoms with Crippen molar-refractivity contribution in [2.24, 2.45) is 11.8 Å². The first kappa shape index (κ1) is 14.6. The van der Waals surface area contributed by atoms with Crippen molar-refractivity contribution in [1.29, 1.82) is 0 Å². The summed E-state index contributed by atoms with van der Waals surface area (Å²) in [7, 11) is 0. The molecule has 20 heavy (non-hydrogen) atoms. The summed E-state index contributed by atoms with van der Waals surface area (Å²) in [5.41, 5.74) is 4.91. The van der Waals surface area contributed by atoms with Gasteiger partial charge in [-0.25, -0.2) is 9.67 Å². The first-order chi connectivity index (χ1) is 9.60. The molecule has 0 amide bonds. The van der Waals surface area contributed by atoms with Crippen LogP contribution in [0.5, 0.6) is 0 Å². The molecule has 1 unspecified atom stereocenters. The molecule has 3 N–H and O–H groups in total. The fraction of sp³-hybridized carbons (Fsp3) is 0.500. The number of nitrogens with one attached hydrogen (secondary N) is 1. The Morgan fingerprint density at radius 1 is 1.35 bits per heavy atom. The molecule has 0 aliphatic heterocycles. The summed E-state index contributed by atoms with van der Waals surface area (Å²) in [5, 5.41) is 4.27. The lowest BCUT2D eigenvalue weighted by Crippen LogP contribution is -2.31. The van der Waals surface area contributed by atoms with Gasteiger partial charge in [0.1, 0.15) is 12.2 Å². The number of aromatic nitrogens is 4. The van der Waals surface area contributed by atoms with Crippen molar-refractivity contribution in [3.63, 3.8) is 0 Å². The van der Waals surface area contributed by atoms with Crippen LogP contribution in [-0.2, 0) is 13.0 Å². The maximum atomic E-state index is 5.68. The van der Waals surface area contributed by atoms with Crippen LogP contribution >= 0.6 is 0 Å². The maximum absolute atomic E-state index is 5.68. The molecule has 0 saturated heterocycles. The van der Waals surface area contributed by atoms with Gasteiger partial charge in [-0.3, -0.25) is 16.3 Å². The van der Waals surface area contributed by atoms with Gasteiger partial charge in [0.2, 0.25) is 0 Å². The van der Waals surface area contributed by atoms with Gasteiger partial charge in [0, 0.05) is 19.2 Å². The lowest BCUT2D eigenvalue weighted by Gasteiger charge is -2.16. The molecular weight excluding hydrogens is 252 g/mol. The second kappa shape index (κ2) is 6.58. The molecule has 6 nitrogen and oxygen atoms in total. The Bertz CT molecular complexity index is 548. The Balaban J connectivity index is 2.16. The standard InChI is InChI=1S/C14H22N6/c1-10(2)8-20-14(17-9-18-20)7-13(19-15)12-6-11(3)4-5-16-12/h4-6,9-10,13,19H,7-8,15H2,1-3H3. The van der Waals surface area contributed by atoms with E-state index in [1.165, 1.54) is 5.56 Å². The number of pyridine rings is 1. The Labute approximate surface area is 119 Å². The average molecular weight is 274 g/mol. The molecule has 2 aromatic rings. The summed E-state index contributed by atoms with van der Waals surface area (Å²) >= 11 is 0. The van der Waals surface area contributed by atoms with Crippen LogP contribution in [0.2, 0.25) is 0 Å². The van der Waals surface area contributed by atoms with E-state index in [0.29, 0.717) is 12.3 Å². The predicted molar refractivity (Wildman–Crippen MR) is 77.6 cm³/mol. The fourth-order valence-electron chi connectivity index (χ4n) is 2.13. The molecule has 0 aliphatic carbocycles. The van der Waals surface area contributed by atoms with Crippen LogP contribution in [0.15, 0.2) is 24.7 Å². The first-order valence-electron chi connectivity index (χ1n) is 6.85. The minimum absolute atomic E-state index is 0.0648. The number of aryl methyl sites for hydroxylation is 1. The van der Waals surface area contributed by atoms with Crippen LogP contribution in [0.4, 0.5) is 0 Å². The summed E-state index contributed by atoms with van der Waals surface area (Å²) in [4.78, 5) is 8.72. The Morgan fingerprint density at radius 3 is 2.80 bits per heavy atom. The molecule has 0 aliphatic rings. The molecule has 0 aromatic carbocycles. The molecule has 2 heterocycles. The molecule has 0 saturated carbocycles. The van der Waals surface area contributed by atoms with Crippen molar-refractivity contribution in [1.82, 2.24) is 25.2 Å². The van der Waals surface area contributed by atoms with E-state index in [0.717, 1.165) is 18.1 Å². The summed E-state index contributed by atoms with van der Waals surface area (Å²) in [6.45, 7) is 7.21. The van der Waals surface area contributed by atoms with E-state index < -0.39 is 0 Å². The van der Waals surface area contributed by atoms with Crippen LogP contribution in [0.25, 0.3) is 0 Å². The minimum atomic E-state index is -0.0648. The number of hydrogen-bond acceptors (Lipinski definition) is 5. The largest absolute Gasteiger partial charge is 0.271 e. The summed E-state index contributed by atoms with van der Waals surface area (Å²) in [6.07, 6.45) is 4.06. The van der Waals surface area contributed by atoms with Gasteiger partial charge in [0.25, 0.3) is 0 Å². The summed E-state index contributed by atoms with van der Waals surface area (Å²) in [6, 6.07) is 3.94. The van der Waals surface area contributed by atoms with Crippen molar-refractivity contribution >= 4 is 0 Å². The number of hydrogen-bond donors (Lipinski definition) is 2. The zero-order valence-electron chi connectivity index (χ0n) is 12.2. The number of nitrogens with zero attached hydrogens (tertiary/aromatic N) is 4. The van der Waals surface area contributed by atoms with Crippen molar-refractivity contribution in [3.8, 4) is 0 Å². The highest BCUT2D eigenvalue weighted by Gasteiger charge is 2.16. The van der Waals surface area contributed by atoms with Crippen molar-refractivity contribution in [2.75, 3.05) is 0 Å². The molecular formula is C14H22N6. The third-order valence-electron chi connectivity index (χ3n) is 3.12. The zero-order chi connectivity index (χ0) is 14.5. The van der Waals surface area contributed by atoms with Gasteiger partial charge in [-0.15, -0.1) is 0 Å². The van der Waals surface area contributed by atoms with Crippen LogP contribution in [0.3, 0.4) is 0 Å². The van der Waals surface area contributed by atoms with Gasteiger partial charge in [0.15, 0.2) is 0 Å². The lowest BCUT2D eigenvalue weighted by molar-refractivity contribution is 0.444. The first-order valence-corrected chi connectivity index (χ1v) is 6.85. The Hall–Kier alpha value is -1.79. The molecule has 0 bridgehead atoms. The SMILES string of the molecule is Cc1ccnc(C(Cc2ncnn2CC(C)C)NN)c1. The van der Waals surface area contributed by atoms with Crippen molar-refractivity contribution in [2.45, 2.75) is 39.8 Å². The van der Waals surface area contributed by atoms with E-state index in [-0.39, 0.29) is 6.04 Å². The third kappa shape index (κ3) is 3.61. The van der Waals surface area contributed by atoms with Crippen molar-refractivity contribution in [3.05, 3.63) is 41.7 Å². The van der Waals surface area contributed by atoms with E-state index >= 15 is 0 Å². The van der Waals surface area contributed by atoms with E-state index in [4.69, 9.17) is 5.84 Å². The van der Waals surface area contributed by atoms with Crippen LogP contribution in [0, 0.1) is 12.8 Å². The lowest BCUT2D eigenvalue weighted by atomic mass is 10.1. The zero-order valence-corrected chi connectivity index (χ0v) is 12.2. The minimum Gasteiger partial charge on any atom is -0.271 e. The fourth-order valence-corrected chi connectivity index (χ4v) is 2.13. The molecule has 108 valence electrons. The van der Waals surface area contributed by atoms with E-state index in [9.17, 15) is 0 Å². The van der Waals surface area contributed by atoms with Gasteiger partial charge in [-0.05, 0) is 30.5 Å². The Morgan fingerprint density at radius 2 is 2.15 bits per heavy atom. The predicted octanol–water partition coefficient (Wildman–Crippen LogP) is 1.38. The molecule has 6 heteroatoms. The van der Waals surface area contributed by atoms with E-state index in [2.05, 4.69) is 34.3 Å². The highest BCUT2D eigenvalue weighted by molar-refractivity contribution is 5.18. The van der Waals surface area contributed by atoms with Gasteiger partial charge >= 0.3 is 0 Å². The maximum Gasteiger partial charge on any atom is 0.138 e. The normalized spacial score (nSPS) is 12.8. The summed E-state index contributed by atoms with van der Waals surface area (Å²) in [5.74, 6) is 7.12. The topological polar surface area (TPSA) is 81.7 Å². The molecule has 0 radical (unpaired) electrons. The second-order valence-corrected chi connectivity index (χ2v) is 5.43. The van der Waals surface area contributed by atoms with Gasteiger partial charge < -0.3 is 0 Å². The van der Waals surface area contributed by atoms with Crippen molar-refractivity contribution < 1.29 is 0 Å². The summed E-state index contributed by atoms with van der Waals surface area (Å²) < 4.78 is 1.94. The quantitative estimate of drug-likeness (QED) is 0.614. The smallest absolute Gasteiger partial charge is 0.138 e. The molecule has 0 fully saturated rings. The number of nitrogens with two attached hydrogens (primary N) is 1. The van der Waals surface area contributed by atoms with Crippen LogP contribution in [0.1, 0.15) is 37.0 Å². The third-order valence-corrected chi connectivity index (χ3v) is 3.12. The highest BCUT2D eigenvalue weighted by Crippen LogP contribution is 2.16. The number of rotatable bonds is 6. The monoisotopic (exact) mass is 274 g/mol. The van der Waals surface area contributed by atoms with Gasteiger partial charge in [-0.1, -0.05) is 13.8 Å². The second-order valence-electron chi connectivity index (χ2n) is 5.43. The highest BCUT2D eigenvalue weighted by atomic mass is 15.3. The molecule has 0 spiro atoms. The van der Waals surface area contributed by atoms with Crippen LogP contribution < -0.4 is 11.3 Å². The molecule has 1 atom stereocenters. The number of hydrazine groups is 1. The average Bonchev–Trinajstić information content (AvgIpc) is 2.82. The van der Waals surface area contributed by atoms with Gasteiger partial charge in [-0.2, -0.15) is 5.10 Å². The Kier molecular flexibility index (Phi) is 4.81.